The SMILES string of the molecule is C=CCN1C(=O)CSc2cnn(CC(=O)Nc3ccc(OC)c(Cl)c3)c(=O)c21. The zero-order valence-corrected chi connectivity index (χ0v) is 16.5. The van der Waals surface area contributed by atoms with Crippen molar-refractivity contribution in [3.05, 3.63) is 52.4 Å². The van der Waals surface area contributed by atoms with E-state index in [0.29, 0.717) is 21.4 Å². The number of benzene rings is 1. The van der Waals surface area contributed by atoms with Crippen LogP contribution in [0.1, 0.15) is 0 Å². The van der Waals surface area contributed by atoms with Crippen LogP contribution in [0.5, 0.6) is 5.75 Å². The Hall–Kier alpha value is -2.78. The quantitative estimate of drug-likeness (QED) is 0.720. The number of aromatic nitrogens is 2. The standard InChI is InChI=1S/C18H17ClN4O4S/c1-3-6-22-16(25)10-28-14-8-20-23(18(26)17(14)22)9-15(24)21-11-4-5-13(27-2)12(19)7-11/h3-5,7-8H,1,6,9-10H2,2H3,(H,21,24). The minimum absolute atomic E-state index is 0.190. The van der Waals surface area contributed by atoms with Gasteiger partial charge in [0.25, 0.3) is 5.56 Å². The Bertz CT molecular complexity index is 1010. The number of carbonyl (C=O) groups excluding carboxylic acids is 2. The Morgan fingerprint density at radius 2 is 2.25 bits per heavy atom. The Balaban J connectivity index is 1.82. The summed E-state index contributed by atoms with van der Waals surface area (Å²) in [6.45, 7) is 3.52. The molecule has 0 aliphatic carbocycles. The molecule has 2 heterocycles. The maximum absolute atomic E-state index is 12.8. The monoisotopic (exact) mass is 420 g/mol. The molecule has 28 heavy (non-hydrogen) atoms. The molecule has 1 aromatic heterocycles. The first-order valence-electron chi connectivity index (χ1n) is 8.22. The Morgan fingerprint density at radius 1 is 1.46 bits per heavy atom. The highest BCUT2D eigenvalue weighted by atomic mass is 35.5. The lowest BCUT2D eigenvalue weighted by Crippen LogP contribution is -2.42. The predicted octanol–water partition coefficient (Wildman–Crippen LogP) is 2.17. The Morgan fingerprint density at radius 3 is 2.93 bits per heavy atom. The molecule has 0 bridgehead atoms. The third-order valence-corrected chi connectivity index (χ3v) is 5.24. The van der Waals surface area contributed by atoms with Crippen molar-refractivity contribution in [3.63, 3.8) is 0 Å². The predicted molar refractivity (Wildman–Crippen MR) is 108 cm³/mol. The van der Waals surface area contributed by atoms with Crippen LogP contribution in [-0.4, -0.2) is 41.0 Å². The molecule has 10 heteroatoms. The van der Waals surface area contributed by atoms with E-state index in [-0.39, 0.29) is 30.4 Å². The average Bonchev–Trinajstić information content (AvgIpc) is 2.66. The van der Waals surface area contributed by atoms with Crippen LogP contribution in [0.4, 0.5) is 11.4 Å². The zero-order valence-electron chi connectivity index (χ0n) is 15.0. The molecular formula is C18H17ClN4O4S. The van der Waals surface area contributed by atoms with Crippen molar-refractivity contribution in [3.8, 4) is 5.75 Å². The van der Waals surface area contributed by atoms with Gasteiger partial charge in [-0.3, -0.25) is 14.4 Å². The van der Waals surface area contributed by atoms with Gasteiger partial charge in [0.15, 0.2) is 0 Å². The second kappa shape index (κ2) is 8.49. The summed E-state index contributed by atoms with van der Waals surface area (Å²) in [5.74, 6) is 0.0622. The van der Waals surface area contributed by atoms with Crippen LogP contribution in [0.3, 0.4) is 0 Å². The number of hydrogen-bond donors (Lipinski definition) is 1. The zero-order chi connectivity index (χ0) is 20.3. The van der Waals surface area contributed by atoms with Crippen LogP contribution >= 0.6 is 23.4 Å². The fourth-order valence-electron chi connectivity index (χ4n) is 2.68. The summed E-state index contributed by atoms with van der Waals surface area (Å²) in [5.41, 5.74) is 0.167. The topological polar surface area (TPSA) is 93.5 Å². The summed E-state index contributed by atoms with van der Waals surface area (Å²) >= 11 is 7.29. The number of nitrogens with one attached hydrogen (secondary N) is 1. The van der Waals surface area contributed by atoms with Gasteiger partial charge in [-0.1, -0.05) is 17.7 Å². The number of rotatable bonds is 6. The summed E-state index contributed by atoms with van der Waals surface area (Å²) in [6, 6.07) is 4.80. The molecule has 1 N–H and O–H groups in total. The van der Waals surface area contributed by atoms with Crippen molar-refractivity contribution >= 4 is 46.6 Å². The molecule has 0 fully saturated rings. The van der Waals surface area contributed by atoms with Crippen molar-refractivity contribution in [2.24, 2.45) is 0 Å². The molecule has 0 atom stereocenters. The highest BCUT2D eigenvalue weighted by molar-refractivity contribution is 8.00. The molecule has 3 rings (SSSR count). The molecule has 1 aromatic carbocycles. The van der Waals surface area contributed by atoms with Crippen LogP contribution in [0, 0.1) is 0 Å². The lowest BCUT2D eigenvalue weighted by Gasteiger charge is -2.27. The Labute approximate surface area is 170 Å². The summed E-state index contributed by atoms with van der Waals surface area (Å²) in [5, 5.41) is 7.05. The van der Waals surface area contributed by atoms with Crippen LogP contribution < -0.4 is 20.5 Å². The third-order valence-electron chi connectivity index (χ3n) is 3.95. The van der Waals surface area contributed by atoms with Crippen molar-refractivity contribution in [2.75, 3.05) is 29.6 Å². The number of thioether (sulfide) groups is 1. The van der Waals surface area contributed by atoms with Gasteiger partial charge in [0, 0.05) is 12.2 Å². The van der Waals surface area contributed by atoms with Gasteiger partial charge in [-0.25, -0.2) is 4.68 Å². The molecule has 0 radical (unpaired) electrons. The van der Waals surface area contributed by atoms with Crippen molar-refractivity contribution in [2.45, 2.75) is 11.4 Å². The number of hydrogen-bond acceptors (Lipinski definition) is 6. The molecule has 2 amide bonds. The first-order valence-corrected chi connectivity index (χ1v) is 9.58. The summed E-state index contributed by atoms with van der Waals surface area (Å²) in [7, 11) is 1.49. The molecular weight excluding hydrogens is 404 g/mol. The van der Waals surface area contributed by atoms with Crippen LogP contribution in [0.2, 0.25) is 5.02 Å². The van der Waals surface area contributed by atoms with Crippen molar-refractivity contribution in [1.29, 1.82) is 0 Å². The van der Waals surface area contributed by atoms with Gasteiger partial charge < -0.3 is 15.0 Å². The fraction of sp³-hybridized carbons (Fsp3) is 0.222. The first-order chi connectivity index (χ1) is 13.4. The minimum Gasteiger partial charge on any atom is -0.495 e. The number of amides is 2. The molecule has 2 aromatic rings. The number of carbonyl (C=O) groups is 2. The number of nitrogens with zero attached hydrogens (tertiary/aromatic N) is 3. The summed E-state index contributed by atoms with van der Waals surface area (Å²) in [4.78, 5) is 39.3. The normalized spacial score (nSPS) is 13.1. The first kappa shape index (κ1) is 20.0. The van der Waals surface area contributed by atoms with Crippen LogP contribution in [-0.2, 0) is 16.1 Å². The van der Waals surface area contributed by atoms with Crippen LogP contribution in [0.15, 0.2) is 46.7 Å². The number of anilines is 2. The molecule has 1 aliphatic rings. The molecule has 0 saturated heterocycles. The highest BCUT2D eigenvalue weighted by Gasteiger charge is 2.28. The van der Waals surface area contributed by atoms with E-state index in [2.05, 4.69) is 17.0 Å². The molecule has 1 aliphatic heterocycles. The number of methoxy groups -OCH3 is 1. The average molecular weight is 421 g/mol. The van der Waals surface area contributed by atoms with E-state index in [1.54, 1.807) is 24.3 Å². The van der Waals surface area contributed by atoms with E-state index >= 15 is 0 Å². The van der Waals surface area contributed by atoms with Gasteiger partial charge in [0.05, 0.1) is 29.0 Å². The Kier molecular flexibility index (Phi) is 6.05. The van der Waals surface area contributed by atoms with Gasteiger partial charge in [0.2, 0.25) is 11.8 Å². The number of halogens is 1. The highest BCUT2D eigenvalue weighted by Crippen LogP contribution is 2.31. The third kappa shape index (κ3) is 4.05. The van der Waals surface area contributed by atoms with E-state index < -0.39 is 11.5 Å². The van der Waals surface area contributed by atoms with E-state index in [9.17, 15) is 14.4 Å². The number of ether oxygens (including phenoxy) is 1. The summed E-state index contributed by atoms with van der Waals surface area (Å²) in [6.07, 6.45) is 3.03. The molecule has 0 spiro atoms. The second-order valence-electron chi connectivity index (χ2n) is 5.80. The lowest BCUT2D eigenvalue weighted by molar-refractivity contribution is -0.117. The maximum atomic E-state index is 12.8. The van der Waals surface area contributed by atoms with Crippen LogP contribution in [0.25, 0.3) is 0 Å². The van der Waals surface area contributed by atoms with E-state index in [0.717, 1.165) is 4.68 Å². The van der Waals surface area contributed by atoms with Gasteiger partial charge in [0.1, 0.15) is 18.0 Å². The van der Waals surface area contributed by atoms with Gasteiger partial charge >= 0.3 is 0 Å². The van der Waals surface area contributed by atoms with Gasteiger partial charge in [-0.15, -0.1) is 18.3 Å². The lowest BCUT2D eigenvalue weighted by atomic mass is 10.3. The molecule has 0 saturated carbocycles. The number of fused-ring (bicyclic) bond motifs is 1. The molecule has 0 unspecified atom stereocenters. The fourth-order valence-corrected chi connectivity index (χ4v) is 3.82. The maximum Gasteiger partial charge on any atom is 0.292 e. The van der Waals surface area contributed by atoms with Gasteiger partial charge in [-0.05, 0) is 18.2 Å². The van der Waals surface area contributed by atoms with Gasteiger partial charge in [-0.2, -0.15) is 5.10 Å². The minimum atomic E-state index is -0.511. The van der Waals surface area contributed by atoms with Crippen molar-refractivity contribution < 1.29 is 14.3 Å². The molecule has 146 valence electrons. The smallest absolute Gasteiger partial charge is 0.292 e. The molecule has 8 nitrogen and oxygen atoms in total. The van der Waals surface area contributed by atoms with E-state index in [1.807, 2.05) is 0 Å². The second-order valence-corrected chi connectivity index (χ2v) is 7.22. The van der Waals surface area contributed by atoms with E-state index in [4.69, 9.17) is 16.3 Å². The largest absolute Gasteiger partial charge is 0.495 e. The summed E-state index contributed by atoms with van der Waals surface area (Å²) < 4.78 is 6.09. The van der Waals surface area contributed by atoms with E-state index in [1.165, 1.54) is 30.0 Å². The van der Waals surface area contributed by atoms with Crippen molar-refractivity contribution in [1.82, 2.24) is 9.78 Å².